The number of unbranched alkanes of at least 4 members (excludes halogenated alkanes) is 9. The molecule has 0 fully saturated rings. The SMILES string of the molecule is CCCCCCCCCCCCOc1cc2[nH]c3ccc(CCN)cc3c2cc1C. The number of H-pyrrole nitrogens is 1. The van der Waals surface area contributed by atoms with Crippen molar-refractivity contribution in [2.24, 2.45) is 5.73 Å². The first kappa shape index (κ1) is 22.7. The Labute approximate surface area is 182 Å². The summed E-state index contributed by atoms with van der Waals surface area (Å²) in [4.78, 5) is 3.55. The molecular formula is C27H40N2O. The van der Waals surface area contributed by atoms with Gasteiger partial charge >= 0.3 is 0 Å². The molecule has 2 aromatic carbocycles. The lowest BCUT2D eigenvalue weighted by Gasteiger charge is -2.09. The number of rotatable bonds is 14. The molecule has 3 nitrogen and oxygen atoms in total. The van der Waals surface area contributed by atoms with Crippen molar-refractivity contribution in [2.45, 2.75) is 84.5 Å². The predicted molar refractivity (Wildman–Crippen MR) is 131 cm³/mol. The molecule has 0 aliphatic heterocycles. The van der Waals surface area contributed by atoms with E-state index in [1.165, 1.54) is 85.2 Å². The lowest BCUT2D eigenvalue weighted by atomic mass is 10.1. The van der Waals surface area contributed by atoms with Crippen LogP contribution in [0.5, 0.6) is 5.75 Å². The molecule has 0 bridgehead atoms. The van der Waals surface area contributed by atoms with Crippen LogP contribution in [0.2, 0.25) is 0 Å². The van der Waals surface area contributed by atoms with Gasteiger partial charge in [0.05, 0.1) is 12.1 Å². The molecule has 3 rings (SSSR count). The lowest BCUT2D eigenvalue weighted by molar-refractivity contribution is 0.302. The van der Waals surface area contributed by atoms with Crippen LogP contribution >= 0.6 is 0 Å². The summed E-state index contributed by atoms with van der Waals surface area (Å²) < 4.78 is 6.14. The molecule has 0 atom stereocenters. The largest absolute Gasteiger partial charge is 0.493 e. The fourth-order valence-electron chi connectivity index (χ4n) is 4.33. The van der Waals surface area contributed by atoms with Crippen LogP contribution in [0.3, 0.4) is 0 Å². The van der Waals surface area contributed by atoms with E-state index in [4.69, 9.17) is 10.5 Å². The highest BCUT2D eigenvalue weighted by Gasteiger charge is 2.09. The Hall–Kier alpha value is -2.00. The van der Waals surface area contributed by atoms with Crippen molar-refractivity contribution in [1.82, 2.24) is 4.98 Å². The summed E-state index contributed by atoms with van der Waals surface area (Å²) in [6.45, 7) is 5.92. The van der Waals surface area contributed by atoms with Crippen molar-refractivity contribution >= 4 is 21.8 Å². The monoisotopic (exact) mass is 408 g/mol. The van der Waals surface area contributed by atoms with Gasteiger partial charge < -0.3 is 15.5 Å². The van der Waals surface area contributed by atoms with Gasteiger partial charge in [-0.2, -0.15) is 0 Å². The summed E-state index contributed by atoms with van der Waals surface area (Å²) in [6.07, 6.45) is 14.4. The molecule has 3 heteroatoms. The molecule has 1 aromatic heterocycles. The Morgan fingerprint density at radius 2 is 1.47 bits per heavy atom. The van der Waals surface area contributed by atoms with Gasteiger partial charge in [-0.1, -0.05) is 70.8 Å². The third-order valence-corrected chi connectivity index (χ3v) is 6.15. The highest BCUT2D eigenvalue weighted by atomic mass is 16.5. The number of benzene rings is 2. The van der Waals surface area contributed by atoms with Gasteiger partial charge in [-0.15, -0.1) is 0 Å². The molecule has 3 aromatic rings. The number of hydrogen-bond acceptors (Lipinski definition) is 2. The van der Waals surface area contributed by atoms with E-state index in [9.17, 15) is 0 Å². The van der Waals surface area contributed by atoms with E-state index in [-0.39, 0.29) is 0 Å². The molecule has 0 radical (unpaired) electrons. The highest BCUT2D eigenvalue weighted by Crippen LogP contribution is 2.32. The number of aryl methyl sites for hydroxylation is 1. The van der Waals surface area contributed by atoms with Crippen LogP contribution in [0, 0.1) is 6.92 Å². The summed E-state index contributed by atoms with van der Waals surface area (Å²) >= 11 is 0. The maximum Gasteiger partial charge on any atom is 0.124 e. The molecular weight excluding hydrogens is 368 g/mol. The van der Waals surface area contributed by atoms with Gasteiger partial charge in [0.25, 0.3) is 0 Å². The van der Waals surface area contributed by atoms with Gasteiger partial charge in [0.2, 0.25) is 0 Å². The molecule has 0 aliphatic rings. The fraction of sp³-hybridized carbons (Fsp3) is 0.556. The second-order valence-corrected chi connectivity index (χ2v) is 8.74. The molecule has 0 spiro atoms. The van der Waals surface area contributed by atoms with Crippen LogP contribution < -0.4 is 10.5 Å². The average Bonchev–Trinajstić information content (AvgIpc) is 3.09. The summed E-state index contributed by atoms with van der Waals surface area (Å²) in [7, 11) is 0. The van der Waals surface area contributed by atoms with Gasteiger partial charge in [0.1, 0.15) is 5.75 Å². The van der Waals surface area contributed by atoms with Crippen LogP contribution in [-0.4, -0.2) is 18.1 Å². The molecule has 0 unspecified atom stereocenters. The van der Waals surface area contributed by atoms with Crippen molar-refractivity contribution in [2.75, 3.05) is 13.2 Å². The quantitative estimate of drug-likeness (QED) is 0.272. The average molecular weight is 409 g/mol. The van der Waals surface area contributed by atoms with Crippen molar-refractivity contribution in [3.63, 3.8) is 0 Å². The molecule has 0 amide bonds. The van der Waals surface area contributed by atoms with Gasteiger partial charge in [-0.05, 0) is 55.6 Å². The first-order valence-electron chi connectivity index (χ1n) is 12.1. The zero-order valence-electron chi connectivity index (χ0n) is 19.1. The first-order valence-corrected chi connectivity index (χ1v) is 12.1. The predicted octanol–water partition coefficient (Wildman–Crippen LogP) is 7.43. The van der Waals surface area contributed by atoms with Crippen molar-refractivity contribution in [1.29, 1.82) is 0 Å². The first-order chi connectivity index (χ1) is 14.7. The molecule has 0 aliphatic carbocycles. The Balaban J connectivity index is 1.46. The highest BCUT2D eigenvalue weighted by molar-refractivity contribution is 6.08. The third-order valence-electron chi connectivity index (χ3n) is 6.15. The van der Waals surface area contributed by atoms with Gasteiger partial charge in [-0.3, -0.25) is 0 Å². The van der Waals surface area contributed by atoms with Crippen LogP contribution in [0.15, 0.2) is 30.3 Å². The minimum absolute atomic E-state index is 0.684. The third kappa shape index (κ3) is 6.25. The number of aromatic amines is 1. The zero-order chi connectivity index (χ0) is 21.2. The molecule has 0 saturated heterocycles. The van der Waals surface area contributed by atoms with Crippen LogP contribution in [0.1, 0.15) is 82.3 Å². The maximum atomic E-state index is 6.14. The van der Waals surface area contributed by atoms with Gasteiger partial charge in [0, 0.05) is 22.4 Å². The van der Waals surface area contributed by atoms with Crippen LogP contribution in [0.4, 0.5) is 0 Å². The van der Waals surface area contributed by atoms with Crippen LogP contribution in [0.25, 0.3) is 21.8 Å². The normalized spacial score (nSPS) is 11.6. The van der Waals surface area contributed by atoms with Crippen molar-refractivity contribution < 1.29 is 4.74 Å². The van der Waals surface area contributed by atoms with Gasteiger partial charge in [-0.25, -0.2) is 0 Å². The van der Waals surface area contributed by atoms with E-state index in [0.29, 0.717) is 6.54 Å². The molecule has 0 saturated carbocycles. The van der Waals surface area contributed by atoms with E-state index in [2.05, 4.69) is 49.2 Å². The van der Waals surface area contributed by atoms with Gasteiger partial charge in [0.15, 0.2) is 0 Å². The smallest absolute Gasteiger partial charge is 0.124 e. The Morgan fingerprint density at radius 3 is 2.17 bits per heavy atom. The minimum Gasteiger partial charge on any atom is -0.493 e. The Morgan fingerprint density at radius 1 is 0.800 bits per heavy atom. The molecule has 30 heavy (non-hydrogen) atoms. The Kier molecular flexibility index (Phi) is 9.07. The lowest BCUT2D eigenvalue weighted by Crippen LogP contribution is -2.02. The van der Waals surface area contributed by atoms with Crippen LogP contribution in [-0.2, 0) is 6.42 Å². The molecule has 164 valence electrons. The van der Waals surface area contributed by atoms with E-state index >= 15 is 0 Å². The second kappa shape index (κ2) is 12.0. The zero-order valence-corrected chi connectivity index (χ0v) is 19.1. The number of hydrogen-bond donors (Lipinski definition) is 2. The number of fused-ring (bicyclic) bond motifs is 3. The number of aromatic nitrogens is 1. The number of nitrogens with one attached hydrogen (secondary N) is 1. The topological polar surface area (TPSA) is 51.0 Å². The van der Waals surface area contributed by atoms with E-state index < -0.39 is 0 Å². The minimum atomic E-state index is 0.684. The summed E-state index contributed by atoms with van der Waals surface area (Å²) in [6, 6.07) is 11.0. The Bertz CT molecular complexity index is 912. The number of nitrogens with two attached hydrogens (primary N) is 1. The van der Waals surface area contributed by atoms with E-state index in [1.54, 1.807) is 0 Å². The molecule has 3 N–H and O–H groups in total. The summed E-state index contributed by atoms with van der Waals surface area (Å²) in [5, 5.41) is 2.55. The second-order valence-electron chi connectivity index (χ2n) is 8.74. The van der Waals surface area contributed by atoms with Crippen molar-refractivity contribution in [3.8, 4) is 5.75 Å². The summed E-state index contributed by atoms with van der Waals surface area (Å²) in [5.41, 5.74) is 10.6. The fourth-order valence-corrected chi connectivity index (χ4v) is 4.33. The van der Waals surface area contributed by atoms with E-state index in [1.807, 2.05) is 0 Å². The van der Waals surface area contributed by atoms with E-state index in [0.717, 1.165) is 30.7 Å². The standard InChI is InChI=1S/C27H40N2O/c1-3-4-5-6-7-8-9-10-11-12-17-30-27-20-26-23(18-21(27)2)24-19-22(15-16-28)13-14-25(24)29-26/h13-14,18-20,29H,3-12,15-17,28H2,1-2H3. The molecule has 1 heterocycles. The summed E-state index contributed by atoms with van der Waals surface area (Å²) in [5.74, 6) is 1.01. The maximum absolute atomic E-state index is 6.14. The van der Waals surface area contributed by atoms with Crippen molar-refractivity contribution in [3.05, 3.63) is 41.5 Å². The number of ether oxygens (including phenoxy) is 1.